The number of carboxylic acid groups (broad SMARTS) is 1. The first-order valence-corrected chi connectivity index (χ1v) is 11.0. The van der Waals surface area contributed by atoms with Crippen LogP contribution >= 0.6 is 0 Å². The van der Waals surface area contributed by atoms with Crippen molar-refractivity contribution in [2.24, 2.45) is 11.8 Å². The van der Waals surface area contributed by atoms with Gasteiger partial charge in [-0.1, -0.05) is 72.6 Å². The molecule has 1 N–H and O–H groups in total. The summed E-state index contributed by atoms with van der Waals surface area (Å²) in [5.74, 6) is -0.456. The maximum absolute atomic E-state index is 12.8. The van der Waals surface area contributed by atoms with Gasteiger partial charge in [0.05, 0.1) is 17.7 Å². The molecule has 1 rings (SSSR count). The second-order valence-corrected chi connectivity index (χ2v) is 7.81. The monoisotopic (exact) mass is 390 g/mol. The normalized spacial score (nSPS) is 13.1. The Hall–Kier alpha value is -1.84. The van der Waals surface area contributed by atoms with Crippen LogP contribution in [-0.2, 0) is 11.2 Å². The largest absolute Gasteiger partial charge is 0.478 e. The number of ether oxygens (including phenoxy) is 1. The molecular weight excluding hydrogens is 352 g/mol. The summed E-state index contributed by atoms with van der Waals surface area (Å²) >= 11 is 0. The molecule has 2 atom stereocenters. The van der Waals surface area contributed by atoms with Crippen LogP contribution in [0.25, 0.3) is 0 Å². The van der Waals surface area contributed by atoms with E-state index in [0.717, 1.165) is 63.4 Å². The topological polar surface area (TPSA) is 63.6 Å². The fourth-order valence-electron chi connectivity index (χ4n) is 3.52. The molecule has 28 heavy (non-hydrogen) atoms. The fourth-order valence-corrected chi connectivity index (χ4v) is 3.52. The summed E-state index contributed by atoms with van der Waals surface area (Å²) in [6.07, 6.45) is 9.45. The van der Waals surface area contributed by atoms with Gasteiger partial charge in [-0.15, -0.1) is 0 Å². The van der Waals surface area contributed by atoms with Crippen molar-refractivity contribution in [3.8, 4) is 0 Å². The standard InChI is InChI=1S/C24H38O4/c1-5-9-11-18(7-3)15-21-16-20(23(25)26)13-14-22(21)24(27)28-17-19(8-4)12-10-6-2/h13-14,16,18-19H,5-12,15,17H2,1-4H3,(H,25,26). The van der Waals surface area contributed by atoms with Gasteiger partial charge in [0.1, 0.15) is 0 Å². The third-order valence-electron chi connectivity index (χ3n) is 5.62. The highest BCUT2D eigenvalue weighted by Crippen LogP contribution is 2.23. The van der Waals surface area contributed by atoms with E-state index in [2.05, 4.69) is 27.7 Å². The molecule has 0 heterocycles. The van der Waals surface area contributed by atoms with E-state index in [1.807, 2.05) is 0 Å². The molecule has 2 unspecified atom stereocenters. The number of esters is 1. The number of hydrogen-bond donors (Lipinski definition) is 1. The maximum Gasteiger partial charge on any atom is 0.338 e. The van der Waals surface area contributed by atoms with Gasteiger partial charge in [0, 0.05) is 0 Å². The molecule has 0 radical (unpaired) electrons. The Balaban J connectivity index is 2.95. The van der Waals surface area contributed by atoms with Gasteiger partial charge >= 0.3 is 11.9 Å². The lowest BCUT2D eigenvalue weighted by Gasteiger charge is -2.19. The summed E-state index contributed by atoms with van der Waals surface area (Å²) in [5, 5.41) is 9.35. The van der Waals surface area contributed by atoms with Crippen LogP contribution in [0, 0.1) is 11.8 Å². The van der Waals surface area contributed by atoms with Crippen molar-refractivity contribution in [1.29, 1.82) is 0 Å². The molecule has 1 aromatic rings. The molecular formula is C24H38O4. The van der Waals surface area contributed by atoms with Crippen LogP contribution in [0.5, 0.6) is 0 Å². The van der Waals surface area contributed by atoms with Gasteiger partial charge in [-0.2, -0.15) is 0 Å². The number of aromatic carboxylic acids is 1. The first-order chi connectivity index (χ1) is 13.5. The van der Waals surface area contributed by atoms with Crippen molar-refractivity contribution in [2.45, 2.75) is 85.5 Å². The van der Waals surface area contributed by atoms with Crippen LogP contribution < -0.4 is 0 Å². The zero-order chi connectivity index (χ0) is 20.9. The van der Waals surface area contributed by atoms with Crippen LogP contribution in [0.15, 0.2) is 18.2 Å². The molecule has 0 amide bonds. The van der Waals surface area contributed by atoms with Crippen LogP contribution in [0.2, 0.25) is 0 Å². The van der Waals surface area contributed by atoms with Gasteiger partial charge in [-0.05, 0) is 48.4 Å². The third kappa shape index (κ3) is 8.04. The van der Waals surface area contributed by atoms with E-state index >= 15 is 0 Å². The highest BCUT2D eigenvalue weighted by molar-refractivity contribution is 5.94. The molecule has 0 aliphatic carbocycles. The smallest absolute Gasteiger partial charge is 0.338 e. The molecule has 0 aliphatic heterocycles. The maximum atomic E-state index is 12.8. The Morgan fingerprint density at radius 1 is 0.964 bits per heavy atom. The summed E-state index contributed by atoms with van der Waals surface area (Å²) in [5.41, 5.74) is 1.55. The number of carboxylic acids is 1. The highest BCUT2D eigenvalue weighted by Gasteiger charge is 2.19. The average Bonchev–Trinajstić information content (AvgIpc) is 2.70. The highest BCUT2D eigenvalue weighted by atomic mass is 16.5. The molecule has 0 aliphatic rings. The Morgan fingerprint density at radius 3 is 2.11 bits per heavy atom. The number of hydrogen-bond acceptors (Lipinski definition) is 3. The summed E-state index contributed by atoms with van der Waals surface area (Å²) in [6, 6.07) is 4.78. The summed E-state index contributed by atoms with van der Waals surface area (Å²) in [6.45, 7) is 9.04. The molecule has 1 aromatic carbocycles. The molecule has 158 valence electrons. The van der Waals surface area contributed by atoms with Crippen molar-refractivity contribution in [3.63, 3.8) is 0 Å². The van der Waals surface area contributed by atoms with Gasteiger partial charge in [0.15, 0.2) is 0 Å². The Labute approximate surface area is 170 Å². The average molecular weight is 391 g/mol. The second kappa shape index (κ2) is 13.4. The van der Waals surface area contributed by atoms with Crippen LogP contribution in [0.3, 0.4) is 0 Å². The second-order valence-electron chi connectivity index (χ2n) is 7.81. The van der Waals surface area contributed by atoms with Gasteiger partial charge in [-0.25, -0.2) is 9.59 Å². The minimum Gasteiger partial charge on any atom is -0.478 e. The van der Waals surface area contributed by atoms with Crippen molar-refractivity contribution >= 4 is 11.9 Å². The van der Waals surface area contributed by atoms with Gasteiger partial charge in [0.25, 0.3) is 0 Å². The number of carbonyl (C=O) groups is 2. The van der Waals surface area contributed by atoms with E-state index in [1.54, 1.807) is 12.1 Å². The number of carbonyl (C=O) groups excluding carboxylic acids is 1. The number of unbranched alkanes of at least 4 members (excludes halogenated alkanes) is 2. The van der Waals surface area contributed by atoms with Crippen molar-refractivity contribution in [3.05, 3.63) is 34.9 Å². The first-order valence-electron chi connectivity index (χ1n) is 11.0. The minimum absolute atomic E-state index is 0.228. The van der Waals surface area contributed by atoms with Crippen LogP contribution in [0.1, 0.15) is 105 Å². The van der Waals surface area contributed by atoms with Crippen molar-refractivity contribution < 1.29 is 19.4 Å². The molecule has 0 fully saturated rings. The Morgan fingerprint density at radius 2 is 1.57 bits per heavy atom. The lowest BCUT2D eigenvalue weighted by molar-refractivity contribution is 0.0426. The van der Waals surface area contributed by atoms with E-state index in [1.165, 1.54) is 6.07 Å². The molecule has 0 saturated heterocycles. The molecule has 0 saturated carbocycles. The zero-order valence-electron chi connectivity index (χ0n) is 18.1. The Bertz CT molecular complexity index is 609. The molecule has 0 aromatic heterocycles. The summed E-state index contributed by atoms with van der Waals surface area (Å²) in [7, 11) is 0. The van der Waals surface area contributed by atoms with Crippen molar-refractivity contribution in [2.75, 3.05) is 6.61 Å². The SMILES string of the molecule is CCCCC(CC)COC(=O)c1ccc(C(=O)O)cc1CC(CC)CCCC. The van der Waals surface area contributed by atoms with Gasteiger partial charge < -0.3 is 9.84 Å². The Kier molecular flexibility index (Phi) is 11.5. The van der Waals surface area contributed by atoms with Crippen LogP contribution in [0.4, 0.5) is 0 Å². The van der Waals surface area contributed by atoms with Gasteiger partial charge in [-0.3, -0.25) is 0 Å². The van der Waals surface area contributed by atoms with Gasteiger partial charge in [0.2, 0.25) is 0 Å². The molecule has 0 spiro atoms. The first kappa shape index (κ1) is 24.2. The summed E-state index contributed by atoms with van der Waals surface area (Å²) in [4.78, 5) is 24.2. The van der Waals surface area contributed by atoms with E-state index < -0.39 is 5.97 Å². The van der Waals surface area contributed by atoms with E-state index in [-0.39, 0.29) is 11.5 Å². The number of benzene rings is 1. The van der Waals surface area contributed by atoms with E-state index in [0.29, 0.717) is 24.0 Å². The summed E-state index contributed by atoms with van der Waals surface area (Å²) < 4.78 is 5.63. The lowest BCUT2D eigenvalue weighted by atomic mass is 9.89. The fraction of sp³-hybridized carbons (Fsp3) is 0.667. The molecule has 4 heteroatoms. The van der Waals surface area contributed by atoms with Crippen molar-refractivity contribution in [1.82, 2.24) is 0 Å². The quantitative estimate of drug-likeness (QED) is 0.367. The van der Waals surface area contributed by atoms with E-state index in [9.17, 15) is 14.7 Å². The predicted octanol–water partition coefficient (Wildman–Crippen LogP) is 6.52. The molecule has 0 bridgehead atoms. The minimum atomic E-state index is -0.964. The lowest BCUT2D eigenvalue weighted by Crippen LogP contribution is -2.17. The van der Waals surface area contributed by atoms with E-state index in [4.69, 9.17) is 4.74 Å². The molecule has 4 nitrogen and oxygen atoms in total. The number of rotatable bonds is 14. The predicted molar refractivity (Wildman–Crippen MR) is 114 cm³/mol. The van der Waals surface area contributed by atoms with Crippen LogP contribution in [-0.4, -0.2) is 23.7 Å². The zero-order valence-corrected chi connectivity index (χ0v) is 18.1. The third-order valence-corrected chi connectivity index (χ3v) is 5.62.